The Labute approximate surface area is 53.3 Å². The van der Waals surface area contributed by atoms with Crippen LogP contribution in [0.1, 0.15) is 13.8 Å². The average molecular weight is 134 g/mol. The first kappa shape index (κ1) is 8.23. The van der Waals surface area contributed by atoms with Gasteiger partial charge in [0.2, 0.25) is 6.10 Å². The first-order chi connectivity index (χ1) is 4.22. The van der Waals surface area contributed by atoms with Gasteiger partial charge in [0.05, 0.1) is 0 Å². The highest BCUT2D eigenvalue weighted by molar-refractivity contribution is 5.73. The third-order valence-corrected chi connectivity index (χ3v) is 0.710. The van der Waals surface area contributed by atoms with Crippen LogP contribution in [-0.4, -0.2) is 23.8 Å². The van der Waals surface area contributed by atoms with Gasteiger partial charge in [0.15, 0.2) is 6.61 Å². The Balaban J connectivity index is 3.70. The minimum atomic E-state index is -0.956. The first-order valence-corrected chi connectivity index (χ1v) is 2.69. The van der Waals surface area contributed by atoms with Gasteiger partial charge in [-0.1, -0.05) is 0 Å². The van der Waals surface area contributed by atoms with Gasteiger partial charge in [-0.15, -0.1) is 0 Å². The number of hydrogen-bond acceptors (Lipinski definition) is 3. The summed E-state index contributed by atoms with van der Waals surface area (Å²) in [6, 6.07) is 0. The van der Waals surface area contributed by atoms with Crippen LogP contribution in [0.4, 0.5) is 0 Å². The first-order valence-electron chi connectivity index (χ1n) is 2.69. The summed E-state index contributed by atoms with van der Waals surface area (Å²) in [7, 11) is 0. The number of aliphatic hydroxyl groups is 1. The lowest BCUT2D eigenvalue weighted by atomic mass is 10.4. The van der Waals surface area contributed by atoms with Crippen LogP contribution in [0.2, 0.25) is 0 Å². The van der Waals surface area contributed by atoms with Gasteiger partial charge in [-0.3, -0.25) is 4.58 Å². The highest BCUT2D eigenvalue weighted by atomic mass is 17.1. The van der Waals surface area contributed by atoms with Crippen molar-refractivity contribution >= 4 is 5.97 Å². The number of rotatable bonds is 2. The molecule has 0 fully saturated rings. The topological polar surface area (TPSA) is 63.8 Å². The fourth-order valence-corrected chi connectivity index (χ4v) is 0.357. The molecule has 0 heterocycles. The second-order valence-electron chi connectivity index (χ2n) is 1.51. The minimum Gasteiger partial charge on any atom is -0.588 e. The third-order valence-electron chi connectivity index (χ3n) is 0.710. The van der Waals surface area contributed by atoms with Crippen LogP contribution >= 0.6 is 0 Å². The van der Waals surface area contributed by atoms with Gasteiger partial charge in [0.25, 0.3) is 0 Å². The van der Waals surface area contributed by atoms with Crippen molar-refractivity contribution in [2.75, 3.05) is 6.61 Å². The van der Waals surface area contributed by atoms with Crippen molar-refractivity contribution in [1.82, 2.24) is 0 Å². The Morgan fingerprint density at radius 1 is 1.89 bits per heavy atom. The summed E-state index contributed by atoms with van der Waals surface area (Å²) in [6.07, 6.45) is -0.956. The number of aliphatic hydroxyl groups excluding tert-OH is 1. The van der Waals surface area contributed by atoms with E-state index in [1.807, 2.05) is 0 Å². The average Bonchev–Trinajstić information content (AvgIpc) is 1.82. The summed E-state index contributed by atoms with van der Waals surface area (Å²) in [4.78, 5) is 0. The smallest absolute Gasteiger partial charge is 0.526 e. The lowest BCUT2D eigenvalue weighted by Crippen LogP contribution is -2.25. The van der Waals surface area contributed by atoms with E-state index in [0.29, 0.717) is 6.61 Å². The predicted octanol–water partition coefficient (Wildman–Crippen LogP) is -1.26. The Hall–Kier alpha value is -0.770. The van der Waals surface area contributed by atoms with E-state index >= 15 is 0 Å². The van der Waals surface area contributed by atoms with E-state index in [4.69, 9.17) is 5.11 Å². The van der Waals surface area contributed by atoms with E-state index < -0.39 is 6.10 Å². The van der Waals surface area contributed by atoms with E-state index in [0.717, 1.165) is 0 Å². The Morgan fingerprint density at radius 3 is 2.56 bits per heavy atom. The molecule has 0 aromatic carbocycles. The normalized spacial score (nSPS) is 15.2. The molecule has 1 unspecified atom stereocenters. The number of esters is 1. The van der Waals surface area contributed by atoms with Gasteiger partial charge in [0, 0.05) is 0 Å². The summed E-state index contributed by atoms with van der Waals surface area (Å²) in [5.41, 5.74) is 0. The molecule has 0 aliphatic heterocycles. The summed E-state index contributed by atoms with van der Waals surface area (Å²) in [6.45, 7) is 3.41. The van der Waals surface area contributed by atoms with Crippen LogP contribution < -0.4 is 5.26 Å². The maximum absolute atomic E-state index is 9.64. The monoisotopic (exact) mass is 134 g/mol. The van der Waals surface area contributed by atoms with Crippen molar-refractivity contribution in [3.05, 3.63) is 0 Å². The van der Waals surface area contributed by atoms with Gasteiger partial charge in [0.1, 0.15) is 0 Å². The van der Waals surface area contributed by atoms with Gasteiger partial charge in [-0.05, 0) is 13.8 Å². The minimum absolute atomic E-state index is 0.280. The van der Waals surface area contributed by atoms with Crippen molar-refractivity contribution in [1.29, 1.82) is 0 Å². The van der Waals surface area contributed by atoms with Crippen molar-refractivity contribution in [3.8, 4) is 0 Å². The molecule has 0 aliphatic carbocycles. The molecule has 4 nitrogen and oxygen atoms in total. The summed E-state index contributed by atoms with van der Waals surface area (Å²) < 4.78 is 8.03. The largest absolute Gasteiger partial charge is 0.588 e. The SMILES string of the molecule is CCOC(=[O+][O-])C(C)O. The molecule has 0 aromatic heterocycles. The summed E-state index contributed by atoms with van der Waals surface area (Å²) >= 11 is 0. The quantitative estimate of drug-likeness (QED) is 0.222. The van der Waals surface area contributed by atoms with Crippen LogP contribution in [0.3, 0.4) is 0 Å². The molecule has 0 bridgehead atoms. The molecule has 4 heteroatoms. The zero-order chi connectivity index (χ0) is 7.28. The Bertz CT molecular complexity index is 97.1. The lowest BCUT2D eigenvalue weighted by molar-refractivity contribution is -1.05. The Morgan fingerprint density at radius 2 is 2.44 bits per heavy atom. The third kappa shape index (κ3) is 2.92. The standard InChI is InChI=1S/C5H10O4/c1-3-8-5(9-7)4(2)6/h4,6H,3H2,1-2H3. The van der Waals surface area contributed by atoms with Gasteiger partial charge >= 0.3 is 5.97 Å². The predicted molar refractivity (Wildman–Crippen MR) is 28.3 cm³/mol. The van der Waals surface area contributed by atoms with E-state index in [9.17, 15) is 5.26 Å². The zero-order valence-electron chi connectivity index (χ0n) is 5.46. The van der Waals surface area contributed by atoms with Gasteiger partial charge < -0.3 is 15.1 Å². The van der Waals surface area contributed by atoms with Gasteiger partial charge in [-0.25, -0.2) is 0 Å². The second kappa shape index (κ2) is 4.14. The van der Waals surface area contributed by atoms with Crippen LogP contribution in [-0.2, 0) is 9.31 Å². The second-order valence-corrected chi connectivity index (χ2v) is 1.51. The van der Waals surface area contributed by atoms with E-state index in [-0.39, 0.29) is 5.97 Å². The van der Waals surface area contributed by atoms with E-state index in [2.05, 4.69) is 9.31 Å². The Kier molecular flexibility index (Phi) is 3.79. The summed E-state index contributed by atoms with van der Waals surface area (Å²) in [5, 5.41) is 18.3. The molecule has 0 saturated carbocycles. The number of carbonyl (C=O) groups excluding carboxylic acids is 1. The maximum Gasteiger partial charge on any atom is 0.526 e. The van der Waals surface area contributed by atoms with E-state index in [1.54, 1.807) is 6.92 Å². The maximum atomic E-state index is 9.64. The van der Waals surface area contributed by atoms with Crippen molar-refractivity contribution in [3.63, 3.8) is 0 Å². The lowest BCUT2D eigenvalue weighted by Gasteiger charge is -1.96. The molecule has 1 atom stereocenters. The highest BCUT2D eigenvalue weighted by Crippen LogP contribution is 1.85. The molecular formula is C5H10O4. The van der Waals surface area contributed by atoms with E-state index in [1.165, 1.54) is 6.92 Å². The van der Waals surface area contributed by atoms with Crippen LogP contribution in [0.15, 0.2) is 0 Å². The molecule has 0 amide bonds. The molecular weight excluding hydrogens is 124 g/mol. The molecule has 1 N–H and O–H groups in total. The highest BCUT2D eigenvalue weighted by Gasteiger charge is 2.19. The summed E-state index contributed by atoms with van der Waals surface area (Å²) in [5.74, 6) is -0.280. The molecule has 9 heavy (non-hydrogen) atoms. The molecule has 0 aromatic rings. The fraction of sp³-hybridized carbons (Fsp3) is 0.800. The van der Waals surface area contributed by atoms with Crippen LogP contribution in [0, 0.1) is 0 Å². The van der Waals surface area contributed by atoms with Gasteiger partial charge in [-0.2, -0.15) is 0 Å². The zero-order valence-corrected chi connectivity index (χ0v) is 5.46. The van der Waals surface area contributed by atoms with Crippen molar-refractivity contribution in [2.24, 2.45) is 0 Å². The molecule has 0 spiro atoms. The molecule has 0 rings (SSSR count). The van der Waals surface area contributed by atoms with Crippen LogP contribution in [0.5, 0.6) is 0 Å². The molecule has 0 saturated heterocycles. The fourth-order valence-electron chi connectivity index (χ4n) is 0.357. The van der Waals surface area contributed by atoms with Crippen LogP contribution in [0.25, 0.3) is 0 Å². The van der Waals surface area contributed by atoms with Crippen molar-refractivity contribution < 1.29 is 19.7 Å². The van der Waals surface area contributed by atoms with Crippen molar-refractivity contribution in [2.45, 2.75) is 20.0 Å². The molecule has 0 radical (unpaired) electrons. The number of hydrogen-bond donors (Lipinski definition) is 1. The molecule has 0 aliphatic rings. The number of ether oxygens (including phenoxy) is 1. The molecule has 54 valence electrons.